The van der Waals surface area contributed by atoms with Crippen molar-refractivity contribution in [3.8, 4) is 0 Å². The summed E-state index contributed by atoms with van der Waals surface area (Å²) in [6.45, 7) is 5.26. The molecule has 0 atom stereocenters. The van der Waals surface area contributed by atoms with Crippen LogP contribution in [0.4, 0.5) is 5.95 Å². The Kier molecular flexibility index (Phi) is 4.84. The van der Waals surface area contributed by atoms with E-state index >= 15 is 0 Å². The molecule has 0 aliphatic rings. The Morgan fingerprint density at radius 3 is 2.76 bits per heavy atom. The molecule has 1 aromatic rings. The normalized spacial score (nSPS) is 10.6. The molecule has 0 radical (unpaired) electrons. The van der Waals surface area contributed by atoms with E-state index in [-0.39, 0.29) is 6.54 Å². The van der Waals surface area contributed by atoms with E-state index in [0.717, 1.165) is 5.69 Å². The van der Waals surface area contributed by atoms with Crippen molar-refractivity contribution in [1.29, 1.82) is 0 Å². The maximum absolute atomic E-state index is 11.0. The molecule has 0 saturated heterocycles. The van der Waals surface area contributed by atoms with Gasteiger partial charge in [0.15, 0.2) is 0 Å². The first kappa shape index (κ1) is 13.4. The minimum atomic E-state index is -0.396. The summed E-state index contributed by atoms with van der Waals surface area (Å²) >= 11 is 0. The number of nitrogens with two attached hydrogens (primary N) is 2. The third kappa shape index (κ3) is 4.36. The van der Waals surface area contributed by atoms with Gasteiger partial charge in [-0.05, 0) is 12.0 Å². The smallest absolute Gasteiger partial charge is 0.237 e. The number of hydrogen-bond acceptors (Lipinski definition) is 5. The van der Waals surface area contributed by atoms with Crippen LogP contribution in [0.3, 0.4) is 0 Å². The number of aromatic nitrogens is 2. The van der Waals surface area contributed by atoms with E-state index in [9.17, 15) is 4.79 Å². The van der Waals surface area contributed by atoms with Crippen molar-refractivity contribution in [2.75, 3.05) is 18.0 Å². The van der Waals surface area contributed by atoms with Crippen LogP contribution in [0.1, 0.15) is 19.5 Å². The highest BCUT2D eigenvalue weighted by Crippen LogP contribution is 2.09. The van der Waals surface area contributed by atoms with Crippen molar-refractivity contribution < 1.29 is 4.79 Å². The van der Waals surface area contributed by atoms with Gasteiger partial charge in [-0.2, -0.15) is 0 Å². The first-order valence-electron chi connectivity index (χ1n) is 5.58. The second-order valence-corrected chi connectivity index (χ2v) is 4.29. The molecule has 0 fully saturated rings. The molecule has 6 nitrogen and oxygen atoms in total. The zero-order chi connectivity index (χ0) is 12.8. The van der Waals surface area contributed by atoms with Gasteiger partial charge in [-0.3, -0.25) is 4.79 Å². The van der Waals surface area contributed by atoms with Crippen molar-refractivity contribution in [1.82, 2.24) is 9.97 Å². The van der Waals surface area contributed by atoms with Gasteiger partial charge in [0, 0.05) is 19.3 Å². The number of rotatable bonds is 6. The van der Waals surface area contributed by atoms with Crippen LogP contribution in [0.2, 0.25) is 0 Å². The average Bonchev–Trinajstić information content (AvgIpc) is 2.27. The fraction of sp³-hybridized carbons (Fsp3) is 0.545. The van der Waals surface area contributed by atoms with E-state index in [1.165, 1.54) is 0 Å². The molecule has 6 heteroatoms. The molecule has 0 saturated carbocycles. The Balaban J connectivity index is 2.90. The summed E-state index contributed by atoms with van der Waals surface area (Å²) in [7, 11) is 0. The number of hydrogen-bond donors (Lipinski definition) is 2. The lowest BCUT2D eigenvalue weighted by Crippen LogP contribution is -2.37. The molecule has 0 aromatic carbocycles. The van der Waals surface area contributed by atoms with Crippen LogP contribution in [0.25, 0.3) is 0 Å². The monoisotopic (exact) mass is 237 g/mol. The van der Waals surface area contributed by atoms with Crippen molar-refractivity contribution >= 4 is 11.9 Å². The highest BCUT2D eigenvalue weighted by molar-refractivity contribution is 5.78. The third-order valence-electron chi connectivity index (χ3n) is 2.12. The Labute approximate surface area is 101 Å². The maximum atomic E-state index is 11.0. The lowest BCUT2D eigenvalue weighted by atomic mass is 10.2. The van der Waals surface area contributed by atoms with Gasteiger partial charge >= 0.3 is 0 Å². The molecule has 1 rings (SSSR count). The van der Waals surface area contributed by atoms with Crippen molar-refractivity contribution in [2.45, 2.75) is 20.4 Å². The zero-order valence-electron chi connectivity index (χ0n) is 10.3. The van der Waals surface area contributed by atoms with Crippen LogP contribution >= 0.6 is 0 Å². The lowest BCUT2D eigenvalue weighted by Gasteiger charge is -2.23. The molecule has 1 aromatic heterocycles. The minimum absolute atomic E-state index is 0.117. The maximum Gasteiger partial charge on any atom is 0.237 e. The van der Waals surface area contributed by atoms with Crippen LogP contribution in [0.15, 0.2) is 12.3 Å². The summed E-state index contributed by atoms with van der Waals surface area (Å²) in [5, 5.41) is 0. The molecule has 0 bridgehead atoms. The Bertz CT molecular complexity index is 380. The quantitative estimate of drug-likeness (QED) is 0.719. The molecule has 94 valence electrons. The van der Waals surface area contributed by atoms with E-state index in [1.807, 2.05) is 0 Å². The van der Waals surface area contributed by atoms with Crippen LogP contribution in [-0.2, 0) is 11.3 Å². The summed E-state index contributed by atoms with van der Waals surface area (Å²) in [4.78, 5) is 21.2. The van der Waals surface area contributed by atoms with Crippen LogP contribution in [0, 0.1) is 5.92 Å². The molecular weight excluding hydrogens is 218 g/mol. The number of carbonyl (C=O) groups is 1. The van der Waals surface area contributed by atoms with E-state index in [2.05, 4.69) is 23.8 Å². The van der Waals surface area contributed by atoms with E-state index < -0.39 is 5.91 Å². The Morgan fingerprint density at radius 2 is 2.24 bits per heavy atom. The molecule has 1 heterocycles. The molecular formula is C11H19N5O. The SMILES string of the molecule is CC(C)CN(CC(N)=O)c1nccc(CN)n1. The lowest BCUT2D eigenvalue weighted by molar-refractivity contribution is -0.116. The highest BCUT2D eigenvalue weighted by Gasteiger charge is 2.14. The summed E-state index contributed by atoms with van der Waals surface area (Å²) < 4.78 is 0. The predicted octanol–water partition coefficient (Wildman–Crippen LogP) is -0.117. The van der Waals surface area contributed by atoms with Gasteiger partial charge in [0.25, 0.3) is 0 Å². The van der Waals surface area contributed by atoms with E-state index in [4.69, 9.17) is 11.5 Å². The van der Waals surface area contributed by atoms with Gasteiger partial charge in [-0.15, -0.1) is 0 Å². The molecule has 0 aliphatic carbocycles. The second-order valence-electron chi connectivity index (χ2n) is 4.29. The van der Waals surface area contributed by atoms with Gasteiger partial charge in [0.05, 0.1) is 12.2 Å². The number of amides is 1. The molecule has 17 heavy (non-hydrogen) atoms. The minimum Gasteiger partial charge on any atom is -0.368 e. The number of anilines is 1. The molecule has 1 amide bonds. The third-order valence-corrected chi connectivity index (χ3v) is 2.12. The number of primary amides is 1. The summed E-state index contributed by atoms with van der Waals surface area (Å²) in [6.07, 6.45) is 1.64. The standard InChI is InChI=1S/C11H19N5O/c1-8(2)6-16(7-10(13)17)11-14-4-3-9(5-12)15-11/h3-4,8H,5-7,12H2,1-2H3,(H2,13,17). The van der Waals surface area contributed by atoms with Gasteiger partial charge in [-0.25, -0.2) is 9.97 Å². The van der Waals surface area contributed by atoms with Gasteiger partial charge in [0.1, 0.15) is 0 Å². The fourth-order valence-corrected chi connectivity index (χ4v) is 1.50. The molecule has 0 aliphatic heterocycles. The Morgan fingerprint density at radius 1 is 1.53 bits per heavy atom. The predicted molar refractivity (Wildman–Crippen MR) is 66.2 cm³/mol. The summed E-state index contributed by atoms with van der Waals surface area (Å²) in [5.74, 6) is 0.493. The highest BCUT2D eigenvalue weighted by atomic mass is 16.1. The van der Waals surface area contributed by atoms with Crippen LogP contribution in [-0.4, -0.2) is 29.0 Å². The van der Waals surface area contributed by atoms with Gasteiger partial charge < -0.3 is 16.4 Å². The second kappa shape index (κ2) is 6.15. The number of nitrogens with zero attached hydrogens (tertiary/aromatic N) is 3. The van der Waals surface area contributed by atoms with E-state index in [1.54, 1.807) is 17.2 Å². The molecule has 0 spiro atoms. The summed E-state index contributed by atoms with van der Waals surface area (Å²) in [6, 6.07) is 1.75. The van der Waals surface area contributed by atoms with Crippen molar-refractivity contribution in [2.24, 2.45) is 17.4 Å². The number of carbonyl (C=O) groups excluding carboxylic acids is 1. The summed E-state index contributed by atoms with van der Waals surface area (Å²) in [5.41, 5.74) is 11.5. The Hall–Kier alpha value is -1.69. The molecule has 4 N–H and O–H groups in total. The van der Waals surface area contributed by atoms with Crippen molar-refractivity contribution in [3.05, 3.63) is 18.0 Å². The van der Waals surface area contributed by atoms with E-state index in [0.29, 0.717) is 25.0 Å². The topological polar surface area (TPSA) is 98.1 Å². The first-order chi connectivity index (χ1) is 8.02. The van der Waals surface area contributed by atoms with Crippen LogP contribution in [0.5, 0.6) is 0 Å². The van der Waals surface area contributed by atoms with Gasteiger partial charge in [0.2, 0.25) is 11.9 Å². The first-order valence-corrected chi connectivity index (χ1v) is 5.58. The zero-order valence-corrected chi connectivity index (χ0v) is 10.3. The van der Waals surface area contributed by atoms with Crippen LogP contribution < -0.4 is 16.4 Å². The van der Waals surface area contributed by atoms with Gasteiger partial charge in [-0.1, -0.05) is 13.8 Å². The average molecular weight is 237 g/mol. The largest absolute Gasteiger partial charge is 0.368 e. The molecule has 0 unspecified atom stereocenters. The van der Waals surface area contributed by atoms with Crippen molar-refractivity contribution in [3.63, 3.8) is 0 Å². The fourth-order valence-electron chi connectivity index (χ4n) is 1.50.